The first-order valence-electron chi connectivity index (χ1n) is 19.4. The average molecular weight is 743 g/mol. The predicted molar refractivity (Wildman–Crippen MR) is 235 cm³/mol. The van der Waals surface area contributed by atoms with Gasteiger partial charge >= 0.3 is 0 Å². The summed E-state index contributed by atoms with van der Waals surface area (Å²) >= 11 is 1.84. The van der Waals surface area contributed by atoms with Crippen molar-refractivity contribution in [2.24, 2.45) is 0 Å². The fourth-order valence-electron chi connectivity index (χ4n) is 8.95. The molecule has 0 radical (unpaired) electrons. The monoisotopic (exact) mass is 742 g/mol. The van der Waals surface area contributed by atoms with Crippen molar-refractivity contribution in [3.63, 3.8) is 0 Å². The first kappa shape index (κ1) is 32.9. The third-order valence-electron chi connectivity index (χ3n) is 11.4. The second-order valence-corrected chi connectivity index (χ2v) is 16.5. The van der Waals surface area contributed by atoms with E-state index < -0.39 is 0 Å². The summed E-state index contributed by atoms with van der Waals surface area (Å²) in [5, 5.41) is 8.37. The molecule has 0 bridgehead atoms. The van der Waals surface area contributed by atoms with Gasteiger partial charge in [0.05, 0.1) is 28.4 Å². The van der Waals surface area contributed by atoms with Crippen molar-refractivity contribution in [1.82, 2.24) is 18.9 Å². The largest absolute Gasteiger partial charge is 0.457 e. The van der Waals surface area contributed by atoms with Crippen LogP contribution in [0.3, 0.4) is 0 Å². The zero-order valence-electron chi connectivity index (χ0n) is 31.6. The molecule has 5 nitrogen and oxygen atoms in total. The van der Waals surface area contributed by atoms with Gasteiger partial charge in [-0.05, 0) is 95.1 Å². The number of benzene rings is 6. The molecule has 0 N–H and O–H groups in total. The van der Waals surface area contributed by atoms with Crippen molar-refractivity contribution in [2.75, 3.05) is 0 Å². The first-order chi connectivity index (χ1) is 27.4. The van der Waals surface area contributed by atoms with Crippen LogP contribution in [-0.4, -0.2) is 18.9 Å². The highest BCUT2D eigenvalue weighted by atomic mass is 32.1. The molecule has 0 aliphatic heterocycles. The van der Waals surface area contributed by atoms with Gasteiger partial charge in [-0.15, -0.1) is 11.3 Å². The highest BCUT2D eigenvalue weighted by Crippen LogP contribution is 2.45. The minimum absolute atomic E-state index is 0.366. The maximum Gasteiger partial charge on any atom is 0.145 e. The maximum absolute atomic E-state index is 6.81. The maximum atomic E-state index is 6.81. The SMILES string of the molecule is CC(C)c1cccc(C(C)C)c1-c1cnc2c3cc(Oc4ccc5c6c7c(ccc6n(-c6ccccn6)c5c4)sc4ccccc47)ccc3c3ccccc3n12. The number of fused-ring (bicyclic) bond motifs is 13. The molecule has 270 valence electrons. The summed E-state index contributed by atoms with van der Waals surface area (Å²) in [7, 11) is 0. The molecule has 0 spiro atoms. The van der Waals surface area contributed by atoms with Crippen molar-refractivity contribution in [3.8, 4) is 28.6 Å². The van der Waals surface area contributed by atoms with Crippen molar-refractivity contribution in [3.05, 3.63) is 157 Å². The second-order valence-electron chi connectivity index (χ2n) is 15.4. The number of pyridine rings is 2. The van der Waals surface area contributed by atoms with Gasteiger partial charge in [0.1, 0.15) is 23.0 Å². The van der Waals surface area contributed by atoms with E-state index in [1.807, 2.05) is 29.7 Å². The number of ether oxygens (including phenoxy) is 1. The second kappa shape index (κ2) is 12.5. The molecule has 6 aromatic carbocycles. The minimum atomic E-state index is 0.366. The molecule has 11 aromatic rings. The Labute approximate surface area is 328 Å². The Morgan fingerprint density at radius 3 is 2.05 bits per heavy atom. The smallest absolute Gasteiger partial charge is 0.145 e. The van der Waals surface area contributed by atoms with Gasteiger partial charge in [-0.3, -0.25) is 8.97 Å². The van der Waals surface area contributed by atoms with Crippen LogP contribution in [0.5, 0.6) is 11.5 Å². The molecule has 11 rings (SSSR count). The lowest BCUT2D eigenvalue weighted by Gasteiger charge is -2.20. The van der Waals surface area contributed by atoms with Crippen molar-refractivity contribution in [1.29, 1.82) is 0 Å². The fraction of sp³-hybridized carbons (Fsp3) is 0.120. The van der Waals surface area contributed by atoms with Crippen LogP contribution < -0.4 is 4.74 Å². The first-order valence-corrected chi connectivity index (χ1v) is 20.2. The molecule has 0 aliphatic rings. The van der Waals surface area contributed by atoms with E-state index in [-0.39, 0.29) is 0 Å². The summed E-state index contributed by atoms with van der Waals surface area (Å²) < 4.78 is 14.0. The summed E-state index contributed by atoms with van der Waals surface area (Å²) in [6.45, 7) is 9.12. The Bertz CT molecular complexity index is 3320. The summed E-state index contributed by atoms with van der Waals surface area (Å²) in [6, 6.07) is 47.6. The van der Waals surface area contributed by atoms with Crippen LogP contribution in [0, 0.1) is 0 Å². The van der Waals surface area contributed by atoms with E-state index in [2.05, 4.69) is 164 Å². The van der Waals surface area contributed by atoms with Gasteiger partial charge in [0, 0.05) is 59.5 Å². The van der Waals surface area contributed by atoms with Crippen molar-refractivity contribution >= 4 is 80.6 Å². The molecule has 5 aromatic heterocycles. The third kappa shape index (κ3) is 4.85. The van der Waals surface area contributed by atoms with Crippen LogP contribution in [0.25, 0.3) is 86.4 Å². The Kier molecular flexibility index (Phi) is 7.35. The molecule has 0 fully saturated rings. The van der Waals surface area contributed by atoms with Gasteiger partial charge < -0.3 is 4.74 Å². The van der Waals surface area contributed by atoms with Crippen molar-refractivity contribution < 1.29 is 4.74 Å². The molecular weight excluding hydrogens is 705 g/mol. The zero-order chi connectivity index (χ0) is 37.7. The molecule has 5 heterocycles. The Hall–Kier alpha value is -6.50. The molecule has 0 amide bonds. The van der Waals surface area contributed by atoms with E-state index in [0.29, 0.717) is 11.8 Å². The van der Waals surface area contributed by atoms with E-state index in [1.54, 1.807) is 0 Å². The zero-order valence-corrected chi connectivity index (χ0v) is 32.4. The third-order valence-corrected chi connectivity index (χ3v) is 12.5. The van der Waals surface area contributed by atoms with Crippen LogP contribution >= 0.6 is 11.3 Å². The predicted octanol–water partition coefficient (Wildman–Crippen LogP) is 14.2. The van der Waals surface area contributed by atoms with Gasteiger partial charge in [-0.2, -0.15) is 0 Å². The standard InChI is InChI=1S/C50H38N4OS/c1-29(2)33-14-11-15-34(30(3)4)47(33)43-28-52-50-39-26-31(19-21-35(39)36-12-5-7-16-40(36)54(43)50)55-32-20-22-37-42(27-32)53(46-18-9-10-25-51-46)41-23-24-45-49(48(37)41)38-13-6-8-17-44(38)56-45/h5-30H,1-4H3. The molecule has 0 unspecified atom stereocenters. The highest BCUT2D eigenvalue weighted by Gasteiger charge is 2.22. The van der Waals surface area contributed by atoms with Gasteiger partial charge in [-0.25, -0.2) is 9.97 Å². The lowest BCUT2D eigenvalue weighted by Crippen LogP contribution is -2.02. The normalized spacial score (nSPS) is 12.2. The average Bonchev–Trinajstić information content (AvgIpc) is 3.93. The molecule has 0 aliphatic carbocycles. The summed E-state index contributed by atoms with van der Waals surface area (Å²) in [6.07, 6.45) is 3.93. The number of thiophene rings is 1. The Morgan fingerprint density at radius 1 is 0.536 bits per heavy atom. The van der Waals surface area contributed by atoms with E-state index in [1.165, 1.54) is 53.0 Å². The molecule has 0 atom stereocenters. The van der Waals surface area contributed by atoms with Crippen LogP contribution in [-0.2, 0) is 0 Å². The Morgan fingerprint density at radius 2 is 1.27 bits per heavy atom. The fourth-order valence-corrected chi connectivity index (χ4v) is 10.1. The van der Waals surface area contributed by atoms with E-state index in [4.69, 9.17) is 14.7 Å². The molecule has 6 heteroatoms. The van der Waals surface area contributed by atoms with E-state index in [0.717, 1.165) is 56.0 Å². The molecule has 0 saturated carbocycles. The van der Waals surface area contributed by atoms with E-state index in [9.17, 15) is 0 Å². The summed E-state index contributed by atoms with van der Waals surface area (Å²) in [4.78, 5) is 9.99. The number of rotatable bonds is 6. The molecule has 0 saturated heterocycles. The lowest BCUT2D eigenvalue weighted by molar-refractivity contribution is 0.484. The highest BCUT2D eigenvalue weighted by molar-refractivity contribution is 7.26. The summed E-state index contributed by atoms with van der Waals surface area (Å²) in [5.41, 5.74) is 9.33. The van der Waals surface area contributed by atoms with Crippen LogP contribution in [0.4, 0.5) is 0 Å². The molecule has 56 heavy (non-hydrogen) atoms. The Balaban J connectivity index is 1.11. The van der Waals surface area contributed by atoms with Crippen molar-refractivity contribution in [2.45, 2.75) is 39.5 Å². The number of imidazole rings is 1. The number of nitrogens with zero attached hydrogens (tertiary/aromatic N) is 4. The van der Waals surface area contributed by atoms with E-state index >= 15 is 0 Å². The van der Waals surface area contributed by atoms with Gasteiger partial charge in [0.2, 0.25) is 0 Å². The minimum Gasteiger partial charge on any atom is -0.457 e. The number of aromatic nitrogens is 4. The topological polar surface area (TPSA) is 44.3 Å². The van der Waals surface area contributed by atoms with Gasteiger partial charge in [0.15, 0.2) is 0 Å². The molecular formula is C50H38N4OS. The number of para-hydroxylation sites is 1. The lowest BCUT2D eigenvalue weighted by atomic mass is 9.87. The van der Waals surface area contributed by atoms with Crippen LogP contribution in [0.2, 0.25) is 0 Å². The van der Waals surface area contributed by atoms with Gasteiger partial charge in [-0.1, -0.05) is 88.4 Å². The van der Waals surface area contributed by atoms with Gasteiger partial charge in [0.25, 0.3) is 0 Å². The quantitative estimate of drug-likeness (QED) is 0.159. The number of hydrogen-bond donors (Lipinski definition) is 0. The van der Waals surface area contributed by atoms with Crippen LogP contribution in [0.1, 0.15) is 50.7 Å². The van der Waals surface area contributed by atoms with Crippen LogP contribution in [0.15, 0.2) is 146 Å². The number of hydrogen-bond acceptors (Lipinski definition) is 4. The summed E-state index contributed by atoms with van der Waals surface area (Å²) in [5.74, 6) is 3.13.